The fourth-order valence-electron chi connectivity index (χ4n) is 0.916. The maximum absolute atomic E-state index is 5.66. The van der Waals surface area contributed by atoms with Crippen molar-refractivity contribution in [3.8, 4) is 12.3 Å². The van der Waals surface area contributed by atoms with Crippen LogP contribution in [0.25, 0.3) is 0 Å². The number of aryl methyl sites for hydroxylation is 1. The van der Waals surface area contributed by atoms with Gasteiger partial charge in [-0.25, -0.2) is 0 Å². The van der Waals surface area contributed by atoms with Gasteiger partial charge in [0.15, 0.2) is 0 Å². The van der Waals surface area contributed by atoms with E-state index < -0.39 is 0 Å². The van der Waals surface area contributed by atoms with Crippen LogP contribution in [0.2, 0.25) is 0 Å². The summed E-state index contributed by atoms with van der Waals surface area (Å²) in [6, 6.07) is 0.0459. The normalized spacial score (nSPS) is 12.4. The number of hydrogen-bond acceptors (Lipinski definition) is 2. The van der Waals surface area contributed by atoms with Crippen LogP contribution in [0.1, 0.15) is 24.9 Å². The molecular formula is C9H13N3. The van der Waals surface area contributed by atoms with E-state index >= 15 is 0 Å². The maximum atomic E-state index is 5.66. The van der Waals surface area contributed by atoms with E-state index in [0.29, 0.717) is 6.42 Å². The third kappa shape index (κ3) is 2.11. The highest BCUT2D eigenvalue weighted by Crippen LogP contribution is 2.06. The minimum absolute atomic E-state index is 0.0459. The first-order valence-electron chi connectivity index (χ1n) is 3.95. The molecule has 0 saturated heterocycles. The largest absolute Gasteiger partial charge is 0.324 e. The summed E-state index contributed by atoms with van der Waals surface area (Å²) in [5.74, 6) is 2.56. The topological polar surface area (TPSA) is 43.8 Å². The fraction of sp³-hybridized carbons (Fsp3) is 0.444. The Balaban J connectivity index is 2.59. The lowest BCUT2D eigenvalue weighted by Crippen LogP contribution is -2.03. The molecule has 64 valence electrons. The minimum Gasteiger partial charge on any atom is -0.324 e. The van der Waals surface area contributed by atoms with Gasteiger partial charge in [-0.3, -0.25) is 4.68 Å². The Hall–Kier alpha value is -1.27. The molecule has 0 aliphatic heterocycles. The number of rotatable bonds is 3. The molecule has 0 aliphatic carbocycles. The van der Waals surface area contributed by atoms with Gasteiger partial charge in [0.2, 0.25) is 0 Å². The first-order chi connectivity index (χ1) is 5.74. The Morgan fingerprint density at radius 1 is 1.83 bits per heavy atom. The molecule has 1 rings (SSSR count). The van der Waals surface area contributed by atoms with Gasteiger partial charge in [-0.1, -0.05) is 0 Å². The number of nitrogens with zero attached hydrogens (tertiary/aromatic N) is 2. The van der Waals surface area contributed by atoms with E-state index in [0.717, 1.165) is 12.1 Å². The zero-order chi connectivity index (χ0) is 8.97. The van der Waals surface area contributed by atoms with Crippen molar-refractivity contribution in [2.45, 2.75) is 25.9 Å². The Labute approximate surface area is 72.6 Å². The zero-order valence-electron chi connectivity index (χ0n) is 7.20. The SMILES string of the molecule is C#CCCn1cc(C(C)N)cn1. The number of nitrogens with two attached hydrogens (primary N) is 1. The van der Waals surface area contributed by atoms with Crippen molar-refractivity contribution in [3.63, 3.8) is 0 Å². The molecule has 0 amide bonds. The lowest BCUT2D eigenvalue weighted by molar-refractivity contribution is 0.628. The molecule has 0 bridgehead atoms. The van der Waals surface area contributed by atoms with Gasteiger partial charge in [-0.05, 0) is 6.92 Å². The number of hydrogen-bond donors (Lipinski definition) is 1. The highest BCUT2D eigenvalue weighted by Gasteiger charge is 2.01. The van der Waals surface area contributed by atoms with Crippen LogP contribution in [0.15, 0.2) is 12.4 Å². The molecule has 2 N–H and O–H groups in total. The summed E-state index contributed by atoms with van der Waals surface area (Å²) < 4.78 is 1.82. The standard InChI is InChI=1S/C9H13N3/c1-3-4-5-12-7-9(6-11-12)8(2)10/h1,6-8H,4-5,10H2,2H3. The molecule has 12 heavy (non-hydrogen) atoms. The van der Waals surface area contributed by atoms with E-state index in [1.54, 1.807) is 6.20 Å². The Morgan fingerprint density at radius 2 is 2.58 bits per heavy atom. The molecule has 0 saturated carbocycles. The molecule has 0 fully saturated rings. The quantitative estimate of drug-likeness (QED) is 0.673. The Bertz CT molecular complexity index is 280. The molecule has 0 radical (unpaired) electrons. The van der Waals surface area contributed by atoms with Gasteiger partial charge in [-0.2, -0.15) is 5.10 Å². The second-order valence-electron chi connectivity index (χ2n) is 2.78. The highest BCUT2D eigenvalue weighted by atomic mass is 15.3. The smallest absolute Gasteiger partial charge is 0.0537 e. The van der Waals surface area contributed by atoms with Gasteiger partial charge in [0.1, 0.15) is 0 Å². The third-order valence-electron chi connectivity index (χ3n) is 1.66. The van der Waals surface area contributed by atoms with Crippen LogP contribution >= 0.6 is 0 Å². The van der Waals surface area contributed by atoms with Crippen molar-refractivity contribution >= 4 is 0 Å². The first kappa shape index (κ1) is 8.82. The van der Waals surface area contributed by atoms with Gasteiger partial charge < -0.3 is 5.73 Å². The van der Waals surface area contributed by atoms with Crippen molar-refractivity contribution in [2.75, 3.05) is 0 Å². The van der Waals surface area contributed by atoms with Gasteiger partial charge >= 0.3 is 0 Å². The van der Waals surface area contributed by atoms with E-state index in [9.17, 15) is 0 Å². The van der Waals surface area contributed by atoms with Crippen LogP contribution < -0.4 is 5.73 Å². The van der Waals surface area contributed by atoms with Gasteiger partial charge in [0.25, 0.3) is 0 Å². The summed E-state index contributed by atoms with van der Waals surface area (Å²) in [6.07, 6.45) is 9.55. The average molecular weight is 163 g/mol. The molecule has 0 aliphatic rings. The molecule has 0 aromatic carbocycles. The van der Waals surface area contributed by atoms with Gasteiger partial charge in [0.05, 0.1) is 12.7 Å². The summed E-state index contributed by atoms with van der Waals surface area (Å²) in [5, 5.41) is 4.12. The molecule has 1 heterocycles. The monoisotopic (exact) mass is 163 g/mol. The lowest BCUT2D eigenvalue weighted by Gasteiger charge is -1.98. The molecule has 1 aromatic heterocycles. The van der Waals surface area contributed by atoms with E-state index in [1.807, 2.05) is 17.8 Å². The van der Waals surface area contributed by atoms with Crippen molar-refractivity contribution in [1.82, 2.24) is 9.78 Å². The van der Waals surface area contributed by atoms with E-state index in [1.165, 1.54) is 0 Å². The summed E-state index contributed by atoms with van der Waals surface area (Å²) in [4.78, 5) is 0. The van der Waals surface area contributed by atoms with Crippen LogP contribution in [0, 0.1) is 12.3 Å². The molecule has 0 spiro atoms. The average Bonchev–Trinajstić information content (AvgIpc) is 2.48. The van der Waals surface area contributed by atoms with Crippen molar-refractivity contribution in [2.24, 2.45) is 5.73 Å². The van der Waals surface area contributed by atoms with E-state index in [4.69, 9.17) is 12.2 Å². The number of aromatic nitrogens is 2. The summed E-state index contributed by atoms with van der Waals surface area (Å²) in [7, 11) is 0. The predicted molar refractivity (Wildman–Crippen MR) is 48.3 cm³/mol. The second kappa shape index (κ2) is 3.93. The van der Waals surface area contributed by atoms with Crippen molar-refractivity contribution in [3.05, 3.63) is 18.0 Å². The Morgan fingerprint density at radius 3 is 3.08 bits per heavy atom. The zero-order valence-corrected chi connectivity index (χ0v) is 7.20. The number of terminal acetylenes is 1. The molecule has 1 aromatic rings. The molecule has 3 heteroatoms. The third-order valence-corrected chi connectivity index (χ3v) is 1.66. The lowest BCUT2D eigenvalue weighted by atomic mass is 10.2. The van der Waals surface area contributed by atoms with Crippen LogP contribution in [0.5, 0.6) is 0 Å². The van der Waals surface area contributed by atoms with Crippen LogP contribution in [0.4, 0.5) is 0 Å². The maximum Gasteiger partial charge on any atom is 0.0537 e. The van der Waals surface area contributed by atoms with E-state index in [-0.39, 0.29) is 6.04 Å². The first-order valence-corrected chi connectivity index (χ1v) is 3.95. The highest BCUT2D eigenvalue weighted by molar-refractivity contribution is 5.08. The molecule has 3 nitrogen and oxygen atoms in total. The molecule has 1 atom stereocenters. The van der Waals surface area contributed by atoms with Crippen molar-refractivity contribution < 1.29 is 0 Å². The molecule has 1 unspecified atom stereocenters. The van der Waals surface area contributed by atoms with Crippen LogP contribution in [-0.4, -0.2) is 9.78 Å². The van der Waals surface area contributed by atoms with Crippen LogP contribution in [-0.2, 0) is 6.54 Å². The summed E-state index contributed by atoms with van der Waals surface area (Å²) in [6.45, 7) is 2.70. The minimum atomic E-state index is 0.0459. The van der Waals surface area contributed by atoms with Gasteiger partial charge in [0, 0.05) is 24.2 Å². The molecular weight excluding hydrogens is 150 g/mol. The van der Waals surface area contributed by atoms with Gasteiger partial charge in [-0.15, -0.1) is 12.3 Å². The second-order valence-corrected chi connectivity index (χ2v) is 2.78. The fourth-order valence-corrected chi connectivity index (χ4v) is 0.916. The van der Waals surface area contributed by atoms with E-state index in [2.05, 4.69) is 11.0 Å². The summed E-state index contributed by atoms with van der Waals surface area (Å²) >= 11 is 0. The summed E-state index contributed by atoms with van der Waals surface area (Å²) in [5.41, 5.74) is 6.71. The van der Waals surface area contributed by atoms with Crippen LogP contribution in [0.3, 0.4) is 0 Å². The van der Waals surface area contributed by atoms with Crippen molar-refractivity contribution in [1.29, 1.82) is 0 Å². The Kier molecular flexibility index (Phi) is 2.89. The predicted octanol–water partition coefficient (Wildman–Crippen LogP) is 0.926.